The fraction of sp³-hybridized carbons (Fsp3) is 0.364. The zero-order valence-corrected chi connectivity index (χ0v) is 7.58. The second-order valence-electron chi connectivity index (χ2n) is 3.91. The van der Waals surface area contributed by atoms with Gasteiger partial charge in [-0.15, -0.1) is 0 Å². The van der Waals surface area contributed by atoms with Crippen molar-refractivity contribution in [1.29, 1.82) is 0 Å². The molecule has 0 amide bonds. The lowest BCUT2D eigenvalue weighted by molar-refractivity contribution is 0.457. The first-order chi connectivity index (χ1) is 6.13. The SMILES string of the molecule is CC1(c2ccccc(=O)c2O)CC1. The summed E-state index contributed by atoms with van der Waals surface area (Å²) in [7, 11) is 0. The molecule has 0 unspecified atom stereocenters. The highest BCUT2D eigenvalue weighted by atomic mass is 16.3. The minimum atomic E-state index is -0.284. The molecule has 0 radical (unpaired) electrons. The van der Waals surface area contributed by atoms with Crippen molar-refractivity contribution in [2.75, 3.05) is 0 Å². The average molecular weight is 176 g/mol. The van der Waals surface area contributed by atoms with Crippen molar-refractivity contribution < 1.29 is 5.11 Å². The van der Waals surface area contributed by atoms with Crippen LogP contribution in [0.2, 0.25) is 0 Å². The Bertz CT molecular complexity index is 392. The Balaban J connectivity index is 2.66. The molecule has 0 atom stereocenters. The maximum Gasteiger partial charge on any atom is 0.220 e. The zero-order chi connectivity index (χ0) is 9.47. The van der Waals surface area contributed by atoms with Crippen LogP contribution in [0.4, 0.5) is 0 Å². The molecule has 1 fully saturated rings. The molecule has 2 nitrogen and oxygen atoms in total. The molecule has 0 bridgehead atoms. The molecule has 0 aromatic heterocycles. The second kappa shape index (κ2) is 2.59. The van der Waals surface area contributed by atoms with Gasteiger partial charge >= 0.3 is 0 Å². The van der Waals surface area contributed by atoms with Crippen molar-refractivity contribution in [3.63, 3.8) is 0 Å². The third kappa shape index (κ3) is 1.32. The van der Waals surface area contributed by atoms with Gasteiger partial charge in [-0.1, -0.05) is 25.1 Å². The Kier molecular flexibility index (Phi) is 1.65. The molecular formula is C11H12O2. The van der Waals surface area contributed by atoms with Gasteiger partial charge in [0.2, 0.25) is 5.43 Å². The molecule has 1 aliphatic rings. The van der Waals surface area contributed by atoms with Gasteiger partial charge in [-0.05, 0) is 24.3 Å². The molecule has 0 aliphatic heterocycles. The summed E-state index contributed by atoms with van der Waals surface area (Å²) in [4.78, 5) is 11.3. The van der Waals surface area contributed by atoms with Gasteiger partial charge in [0, 0.05) is 5.56 Å². The largest absolute Gasteiger partial charge is 0.504 e. The predicted molar refractivity (Wildman–Crippen MR) is 51.0 cm³/mol. The third-order valence-corrected chi connectivity index (χ3v) is 2.76. The van der Waals surface area contributed by atoms with E-state index in [1.165, 1.54) is 6.07 Å². The topological polar surface area (TPSA) is 37.3 Å². The van der Waals surface area contributed by atoms with E-state index in [4.69, 9.17) is 0 Å². The lowest BCUT2D eigenvalue weighted by Gasteiger charge is -2.06. The Hall–Kier alpha value is -1.31. The average Bonchev–Trinajstić information content (AvgIpc) is 2.83. The van der Waals surface area contributed by atoms with Crippen molar-refractivity contribution in [3.05, 3.63) is 40.1 Å². The fourth-order valence-corrected chi connectivity index (χ4v) is 1.53. The normalized spacial score (nSPS) is 18.2. The minimum absolute atomic E-state index is 0.0439. The van der Waals surface area contributed by atoms with Gasteiger partial charge < -0.3 is 5.11 Å². The van der Waals surface area contributed by atoms with Crippen molar-refractivity contribution >= 4 is 0 Å². The standard InChI is InChI=1S/C11H12O2/c1-11(6-7-11)8-4-2-3-5-9(12)10(8)13/h2-5H,6-7H2,1H3,(H,12,13). The Morgan fingerprint density at radius 3 is 2.54 bits per heavy atom. The molecule has 13 heavy (non-hydrogen) atoms. The summed E-state index contributed by atoms with van der Waals surface area (Å²) >= 11 is 0. The molecule has 0 heterocycles. The lowest BCUT2D eigenvalue weighted by atomic mass is 9.99. The van der Waals surface area contributed by atoms with Gasteiger partial charge in [-0.25, -0.2) is 0 Å². The van der Waals surface area contributed by atoms with E-state index in [-0.39, 0.29) is 16.6 Å². The van der Waals surface area contributed by atoms with Crippen molar-refractivity contribution in [3.8, 4) is 5.75 Å². The van der Waals surface area contributed by atoms with E-state index < -0.39 is 0 Å². The van der Waals surface area contributed by atoms with E-state index in [1.807, 2.05) is 6.07 Å². The first-order valence-corrected chi connectivity index (χ1v) is 4.46. The summed E-state index contributed by atoms with van der Waals surface area (Å²) in [6.07, 6.45) is 2.12. The maximum absolute atomic E-state index is 11.3. The molecule has 2 heteroatoms. The number of hydrogen-bond donors (Lipinski definition) is 1. The molecule has 1 aromatic carbocycles. The van der Waals surface area contributed by atoms with Gasteiger partial charge in [-0.2, -0.15) is 0 Å². The van der Waals surface area contributed by atoms with Crippen LogP contribution >= 0.6 is 0 Å². The van der Waals surface area contributed by atoms with Crippen molar-refractivity contribution in [2.45, 2.75) is 25.2 Å². The summed E-state index contributed by atoms with van der Waals surface area (Å²) < 4.78 is 0. The molecule has 0 saturated heterocycles. The Morgan fingerprint density at radius 1 is 1.31 bits per heavy atom. The molecule has 2 rings (SSSR count). The predicted octanol–water partition coefficient (Wildman–Crippen LogP) is 1.80. The van der Waals surface area contributed by atoms with E-state index >= 15 is 0 Å². The number of rotatable bonds is 1. The molecule has 1 saturated carbocycles. The van der Waals surface area contributed by atoms with Crippen LogP contribution < -0.4 is 5.43 Å². The summed E-state index contributed by atoms with van der Waals surface area (Å²) in [5, 5.41) is 9.62. The number of hydrogen-bond acceptors (Lipinski definition) is 2. The first-order valence-electron chi connectivity index (χ1n) is 4.46. The summed E-state index contributed by atoms with van der Waals surface area (Å²) in [5.74, 6) is -0.0787. The quantitative estimate of drug-likeness (QED) is 0.708. The van der Waals surface area contributed by atoms with Crippen LogP contribution in [0.1, 0.15) is 25.3 Å². The summed E-state index contributed by atoms with van der Waals surface area (Å²) in [5.41, 5.74) is 0.554. The fourth-order valence-electron chi connectivity index (χ4n) is 1.53. The van der Waals surface area contributed by atoms with Gasteiger partial charge in [0.1, 0.15) is 0 Å². The van der Waals surface area contributed by atoms with Crippen LogP contribution in [0, 0.1) is 0 Å². The van der Waals surface area contributed by atoms with Gasteiger partial charge in [0.15, 0.2) is 5.75 Å². The zero-order valence-electron chi connectivity index (χ0n) is 7.58. The van der Waals surface area contributed by atoms with E-state index in [0.717, 1.165) is 18.4 Å². The van der Waals surface area contributed by atoms with E-state index in [0.29, 0.717) is 0 Å². The van der Waals surface area contributed by atoms with Crippen LogP contribution in [0.25, 0.3) is 0 Å². The van der Waals surface area contributed by atoms with Crippen LogP contribution in [-0.2, 0) is 5.41 Å². The van der Waals surface area contributed by atoms with Crippen molar-refractivity contribution in [1.82, 2.24) is 0 Å². The monoisotopic (exact) mass is 176 g/mol. The molecule has 1 aromatic rings. The lowest BCUT2D eigenvalue weighted by Crippen LogP contribution is -2.04. The van der Waals surface area contributed by atoms with E-state index in [1.54, 1.807) is 12.1 Å². The van der Waals surface area contributed by atoms with E-state index in [2.05, 4.69) is 6.92 Å². The molecule has 1 N–H and O–H groups in total. The molecule has 0 spiro atoms. The van der Waals surface area contributed by atoms with Crippen LogP contribution in [0.15, 0.2) is 29.1 Å². The highest BCUT2D eigenvalue weighted by Crippen LogP contribution is 2.49. The highest BCUT2D eigenvalue weighted by molar-refractivity contribution is 5.40. The highest BCUT2D eigenvalue weighted by Gasteiger charge is 2.41. The second-order valence-corrected chi connectivity index (χ2v) is 3.91. The number of aromatic hydroxyl groups is 1. The molecule has 68 valence electrons. The smallest absolute Gasteiger partial charge is 0.220 e. The minimum Gasteiger partial charge on any atom is -0.504 e. The van der Waals surface area contributed by atoms with Crippen molar-refractivity contribution in [2.24, 2.45) is 0 Å². The van der Waals surface area contributed by atoms with Gasteiger partial charge in [0.25, 0.3) is 0 Å². The maximum atomic E-state index is 11.3. The first kappa shape index (κ1) is 8.30. The van der Waals surface area contributed by atoms with Crippen LogP contribution in [0.5, 0.6) is 5.75 Å². The molecule has 1 aliphatic carbocycles. The third-order valence-electron chi connectivity index (χ3n) is 2.76. The van der Waals surface area contributed by atoms with Gasteiger partial charge in [-0.3, -0.25) is 4.79 Å². The summed E-state index contributed by atoms with van der Waals surface area (Å²) in [6, 6.07) is 6.70. The van der Waals surface area contributed by atoms with Crippen LogP contribution in [-0.4, -0.2) is 5.11 Å². The summed E-state index contributed by atoms with van der Waals surface area (Å²) in [6.45, 7) is 2.07. The van der Waals surface area contributed by atoms with Crippen LogP contribution in [0.3, 0.4) is 0 Å². The molecular weight excluding hydrogens is 164 g/mol. The van der Waals surface area contributed by atoms with E-state index in [9.17, 15) is 9.90 Å². The Labute approximate surface area is 76.9 Å². The van der Waals surface area contributed by atoms with Gasteiger partial charge in [0.05, 0.1) is 0 Å². The Morgan fingerprint density at radius 2 is 1.92 bits per heavy atom.